The fraction of sp³-hybridized carbons (Fsp3) is 0.0714. The van der Waals surface area contributed by atoms with E-state index in [2.05, 4.69) is 243 Å². The van der Waals surface area contributed by atoms with Crippen molar-refractivity contribution in [1.29, 1.82) is 0 Å². The van der Waals surface area contributed by atoms with Gasteiger partial charge in [-0.3, -0.25) is 0 Å². The SMILES string of the molecule is Cc1cc(C#Cc2ccc(-n3c4ccccc4c4ccccc43)cc2)c(C)cc1C#Cc1ccc(-n2c3ccccc3c3ccccc32)cc1.Cc1ccc(C)cc1. The van der Waals surface area contributed by atoms with Gasteiger partial charge in [-0.05, 0) is 124 Å². The van der Waals surface area contributed by atoms with Crippen molar-refractivity contribution in [3.63, 3.8) is 0 Å². The minimum absolute atomic E-state index is 0.986. The fourth-order valence-corrected chi connectivity index (χ4v) is 7.79. The van der Waals surface area contributed by atoms with Crippen molar-refractivity contribution in [1.82, 2.24) is 9.13 Å². The Morgan fingerprint density at radius 1 is 0.310 bits per heavy atom. The van der Waals surface area contributed by atoms with Crippen molar-refractivity contribution in [2.24, 2.45) is 0 Å². The van der Waals surface area contributed by atoms with Crippen molar-refractivity contribution in [3.8, 4) is 35.1 Å². The first-order chi connectivity index (χ1) is 28.4. The largest absolute Gasteiger partial charge is 0.309 e. The second kappa shape index (κ2) is 15.5. The lowest BCUT2D eigenvalue weighted by molar-refractivity contribution is 1.18. The third-order valence-electron chi connectivity index (χ3n) is 10.9. The molecule has 10 aromatic rings. The molecule has 0 fully saturated rings. The molecule has 10 rings (SSSR count). The molecule has 2 heterocycles. The lowest BCUT2D eigenvalue weighted by atomic mass is 10.00. The predicted molar refractivity (Wildman–Crippen MR) is 245 cm³/mol. The average Bonchev–Trinajstić information content (AvgIpc) is 3.78. The van der Waals surface area contributed by atoms with Crippen LogP contribution in [0.2, 0.25) is 0 Å². The number of fused-ring (bicyclic) bond motifs is 6. The molecule has 0 aliphatic heterocycles. The van der Waals surface area contributed by atoms with Crippen molar-refractivity contribution in [2.75, 3.05) is 0 Å². The van der Waals surface area contributed by atoms with Gasteiger partial charge in [0, 0.05) is 55.2 Å². The molecule has 8 aromatic carbocycles. The van der Waals surface area contributed by atoms with Gasteiger partial charge in [-0.15, -0.1) is 0 Å². The van der Waals surface area contributed by atoms with Gasteiger partial charge >= 0.3 is 0 Å². The summed E-state index contributed by atoms with van der Waals surface area (Å²) >= 11 is 0. The summed E-state index contributed by atoms with van der Waals surface area (Å²) in [5, 5.41) is 5.05. The zero-order chi connectivity index (χ0) is 39.6. The molecule has 0 saturated heterocycles. The maximum atomic E-state index is 3.42. The van der Waals surface area contributed by atoms with E-state index in [4.69, 9.17) is 0 Å². The summed E-state index contributed by atoms with van der Waals surface area (Å²) < 4.78 is 4.66. The van der Waals surface area contributed by atoms with Crippen LogP contribution in [0.1, 0.15) is 44.5 Å². The molecule has 0 bridgehead atoms. The van der Waals surface area contributed by atoms with Crippen LogP contribution in [-0.4, -0.2) is 9.13 Å². The topological polar surface area (TPSA) is 9.86 Å². The summed E-state index contributed by atoms with van der Waals surface area (Å²) in [5.74, 6) is 13.6. The van der Waals surface area contributed by atoms with E-state index in [1.165, 1.54) is 54.7 Å². The standard InChI is InChI=1S/C48H32N2.C8H10/c1-33-31-38(26-20-36-23-29-40(30-24-36)50-47-17-9-5-13-43(47)44-14-6-10-18-48(44)50)34(2)32-37(33)25-19-35-21-27-39(28-22-35)49-45-15-7-3-11-41(45)42-12-4-8-16-46(42)49;1-7-3-5-8(2)6-4-7/h3-18,21-24,27-32H,1-2H3;3-6H,1-2H3. The zero-order valence-electron chi connectivity index (χ0n) is 33.2. The van der Waals surface area contributed by atoms with E-state index in [-0.39, 0.29) is 0 Å². The molecule has 276 valence electrons. The summed E-state index contributed by atoms with van der Waals surface area (Å²) in [6.45, 7) is 8.42. The molecule has 2 heteroatoms. The Balaban J connectivity index is 0.000000489. The van der Waals surface area contributed by atoms with E-state index in [0.29, 0.717) is 0 Å². The molecule has 0 spiro atoms. The number of hydrogen-bond donors (Lipinski definition) is 0. The summed E-state index contributed by atoms with van der Waals surface area (Å²) in [6.07, 6.45) is 0. The van der Waals surface area contributed by atoms with Crippen LogP contribution in [0.15, 0.2) is 182 Å². The van der Waals surface area contributed by atoms with E-state index >= 15 is 0 Å². The maximum absolute atomic E-state index is 3.42. The van der Waals surface area contributed by atoms with Gasteiger partial charge in [-0.1, -0.05) is 132 Å². The Hall–Kier alpha value is -7.52. The Morgan fingerprint density at radius 2 is 0.603 bits per heavy atom. The van der Waals surface area contributed by atoms with Gasteiger partial charge in [0.2, 0.25) is 0 Å². The zero-order valence-corrected chi connectivity index (χ0v) is 33.2. The minimum atomic E-state index is 0.986. The van der Waals surface area contributed by atoms with Gasteiger partial charge in [0.05, 0.1) is 22.1 Å². The predicted octanol–water partition coefficient (Wildman–Crippen LogP) is 13.6. The van der Waals surface area contributed by atoms with Crippen molar-refractivity contribution in [3.05, 3.63) is 226 Å². The monoisotopic (exact) mass is 742 g/mol. The number of benzene rings is 8. The highest BCUT2D eigenvalue weighted by atomic mass is 15.0. The number of hydrogen-bond acceptors (Lipinski definition) is 0. The number of aromatic nitrogens is 2. The first-order valence-electron chi connectivity index (χ1n) is 19.8. The van der Waals surface area contributed by atoms with Gasteiger partial charge in [-0.2, -0.15) is 0 Å². The first-order valence-corrected chi connectivity index (χ1v) is 19.8. The molecule has 2 aromatic heterocycles. The highest BCUT2D eigenvalue weighted by molar-refractivity contribution is 6.10. The van der Waals surface area contributed by atoms with Crippen molar-refractivity contribution < 1.29 is 0 Å². The second-order valence-electron chi connectivity index (χ2n) is 15.0. The summed E-state index contributed by atoms with van der Waals surface area (Å²) in [5.41, 5.74) is 16.0. The molecule has 0 saturated carbocycles. The van der Waals surface area contributed by atoms with Gasteiger partial charge in [-0.25, -0.2) is 0 Å². The third-order valence-corrected chi connectivity index (χ3v) is 10.9. The Kier molecular flexibility index (Phi) is 9.69. The van der Waals surface area contributed by atoms with E-state index in [1.807, 2.05) is 0 Å². The van der Waals surface area contributed by atoms with E-state index < -0.39 is 0 Å². The van der Waals surface area contributed by atoms with Crippen LogP contribution < -0.4 is 0 Å². The summed E-state index contributed by atoms with van der Waals surface area (Å²) in [7, 11) is 0. The molecule has 0 radical (unpaired) electrons. The highest BCUT2D eigenvalue weighted by Crippen LogP contribution is 2.33. The number of nitrogens with zero attached hydrogens (tertiary/aromatic N) is 2. The summed E-state index contributed by atoms with van der Waals surface area (Å²) in [4.78, 5) is 0. The van der Waals surface area contributed by atoms with Crippen LogP contribution in [0.5, 0.6) is 0 Å². The second-order valence-corrected chi connectivity index (χ2v) is 15.0. The Bertz CT molecular complexity index is 2910. The Labute approximate surface area is 340 Å². The van der Waals surface area contributed by atoms with Crippen LogP contribution in [0.25, 0.3) is 55.0 Å². The van der Waals surface area contributed by atoms with Crippen LogP contribution in [0.3, 0.4) is 0 Å². The van der Waals surface area contributed by atoms with Crippen LogP contribution in [0, 0.1) is 51.4 Å². The lowest BCUT2D eigenvalue weighted by Gasteiger charge is -2.08. The van der Waals surface area contributed by atoms with Gasteiger partial charge < -0.3 is 9.13 Å². The lowest BCUT2D eigenvalue weighted by Crippen LogP contribution is -1.94. The van der Waals surface area contributed by atoms with E-state index in [9.17, 15) is 0 Å². The molecule has 0 aliphatic rings. The smallest absolute Gasteiger partial charge is 0.0541 e. The molecule has 0 unspecified atom stereocenters. The molecular formula is C56H42N2. The summed E-state index contributed by atoms with van der Waals surface area (Å²) in [6, 6.07) is 64.2. The molecule has 0 N–H and O–H groups in total. The van der Waals surface area contributed by atoms with Gasteiger partial charge in [0.1, 0.15) is 0 Å². The minimum Gasteiger partial charge on any atom is -0.309 e. The van der Waals surface area contributed by atoms with Gasteiger partial charge in [0.25, 0.3) is 0 Å². The number of aryl methyl sites for hydroxylation is 4. The maximum Gasteiger partial charge on any atom is 0.0541 e. The van der Waals surface area contributed by atoms with Crippen molar-refractivity contribution >= 4 is 43.6 Å². The fourth-order valence-electron chi connectivity index (χ4n) is 7.79. The number of para-hydroxylation sites is 4. The highest BCUT2D eigenvalue weighted by Gasteiger charge is 2.12. The molecule has 0 aliphatic carbocycles. The average molecular weight is 743 g/mol. The molecular weight excluding hydrogens is 701 g/mol. The molecule has 2 nitrogen and oxygen atoms in total. The van der Waals surface area contributed by atoms with Crippen LogP contribution in [-0.2, 0) is 0 Å². The molecule has 58 heavy (non-hydrogen) atoms. The molecule has 0 amide bonds. The van der Waals surface area contributed by atoms with E-state index in [0.717, 1.165) is 44.8 Å². The quantitative estimate of drug-likeness (QED) is 0.156. The van der Waals surface area contributed by atoms with E-state index in [1.54, 1.807) is 0 Å². The van der Waals surface area contributed by atoms with Crippen LogP contribution in [0.4, 0.5) is 0 Å². The first kappa shape index (κ1) is 36.1. The number of rotatable bonds is 2. The Morgan fingerprint density at radius 3 is 0.914 bits per heavy atom. The van der Waals surface area contributed by atoms with Crippen LogP contribution >= 0.6 is 0 Å². The normalized spacial score (nSPS) is 10.8. The molecule has 0 atom stereocenters. The third kappa shape index (κ3) is 7.05. The van der Waals surface area contributed by atoms with Crippen molar-refractivity contribution in [2.45, 2.75) is 27.7 Å². The van der Waals surface area contributed by atoms with Gasteiger partial charge in [0.15, 0.2) is 0 Å².